The predicted molar refractivity (Wildman–Crippen MR) is 103 cm³/mol. The van der Waals surface area contributed by atoms with Crippen molar-refractivity contribution in [3.05, 3.63) is 48.3 Å². The fraction of sp³-hybridized carbons (Fsp3) is 0.350. The average Bonchev–Trinajstić information content (AvgIpc) is 3.53. The Labute approximate surface area is 158 Å². The summed E-state index contributed by atoms with van der Waals surface area (Å²) in [6.45, 7) is 2.07. The number of nitrogens with zero attached hydrogens (tertiary/aromatic N) is 5. The van der Waals surface area contributed by atoms with Crippen molar-refractivity contribution in [1.82, 2.24) is 24.9 Å². The Bertz CT molecular complexity index is 924. The molecule has 0 radical (unpaired) electrons. The van der Waals surface area contributed by atoms with Crippen molar-refractivity contribution >= 4 is 11.6 Å². The molecule has 1 fully saturated rings. The first-order valence-corrected chi connectivity index (χ1v) is 9.20. The maximum Gasteiger partial charge on any atom is 0.227 e. The van der Waals surface area contributed by atoms with Crippen molar-refractivity contribution in [3.63, 3.8) is 0 Å². The maximum absolute atomic E-state index is 5.08. The number of nitrogens with one attached hydrogen (secondary N) is 1. The number of ether oxygens (including phenoxy) is 1. The highest BCUT2D eigenvalue weighted by molar-refractivity contribution is 5.63. The van der Waals surface area contributed by atoms with Crippen LogP contribution in [0, 0.1) is 5.92 Å². The van der Waals surface area contributed by atoms with E-state index in [-0.39, 0.29) is 0 Å². The van der Waals surface area contributed by atoms with Gasteiger partial charge >= 0.3 is 0 Å². The molecular formula is C20H22N6O. The summed E-state index contributed by atoms with van der Waals surface area (Å²) < 4.78 is 5.08. The van der Waals surface area contributed by atoms with E-state index in [1.807, 2.05) is 18.3 Å². The van der Waals surface area contributed by atoms with Gasteiger partial charge in [0.2, 0.25) is 11.8 Å². The van der Waals surface area contributed by atoms with Crippen LogP contribution in [0.2, 0.25) is 0 Å². The van der Waals surface area contributed by atoms with Crippen LogP contribution in [0.5, 0.6) is 5.88 Å². The van der Waals surface area contributed by atoms with Gasteiger partial charge in [-0.25, -0.2) is 24.9 Å². The van der Waals surface area contributed by atoms with Gasteiger partial charge in [-0.2, -0.15) is 0 Å². The number of methoxy groups -OCH3 is 1. The van der Waals surface area contributed by atoms with Gasteiger partial charge in [-0.05, 0) is 37.3 Å². The minimum Gasteiger partial charge on any atom is -0.481 e. The number of anilines is 2. The fourth-order valence-corrected chi connectivity index (χ4v) is 2.87. The van der Waals surface area contributed by atoms with Crippen molar-refractivity contribution in [3.8, 4) is 17.1 Å². The summed E-state index contributed by atoms with van der Waals surface area (Å²) >= 11 is 0. The zero-order valence-corrected chi connectivity index (χ0v) is 15.5. The minimum atomic E-state index is 0.511. The average molecular weight is 362 g/mol. The lowest BCUT2D eigenvalue weighted by Crippen LogP contribution is -2.04. The van der Waals surface area contributed by atoms with Crippen LogP contribution in [0.3, 0.4) is 0 Å². The Kier molecular flexibility index (Phi) is 4.91. The predicted octanol–water partition coefficient (Wildman–Crippen LogP) is 3.60. The number of pyridine rings is 1. The smallest absolute Gasteiger partial charge is 0.227 e. The summed E-state index contributed by atoms with van der Waals surface area (Å²) in [5.74, 6) is 2.70. The molecule has 0 aromatic carbocycles. The van der Waals surface area contributed by atoms with E-state index < -0.39 is 0 Å². The Morgan fingerprint density at radius 1 is 1.07 bits per heavy atom. The Morgan fingerprint density at radius 2 is 1.96 bits per heavy atom. The lowest BCUT2D eigenvalue weighted by atomic mass is 10.1. The van der Waals surface area contributed by atoms with Crippen molar-refractivity contribution in [2.75, 3.05) is 12.4 Å². The highest BCUT2D eigenvalue weighted by Crippen LogP contribution is 2.34. The van der Waals surface area contributed by atoms with Gasteiger partial charge in [-0.15, -0.1) is 0 Å². The molecule has 7 heteroatoms. The molecule has 0 aliphatic heterocycles. The quantitative estimate of drug-likeness (QED) is 0.687. The molecular weight excluding hydrogens is 340 g/mol. The number of rotatable bonds is 7. The van der Waals surface area contributed by atoms with Crippen molar-refractivity contribution in [2.24, 2.45) is 5.92 Å². The van der Waals surface area contributed by atoms with Gasteiger partial charge in [0.05, 0.1) is 30.4 Å². The molecule has 3 aromatic rings. The first-order valence-electron chi connectivity index (χ1n) is 9.20. The third kappa shape index (κ3) is 4.19. The molecule has 1 aliphatic carbocycles. The van der Waals surface area contributed by atoms with E-state index in [1.165, 1.54) is 12.8 Å². The SMILES string of the molecule is CCc1ncc(-c2ccnc(Nc3ccc(OC)nc3)n2)c(CC2CC2)n1. The molecule has 0 saturated heterocycles. The van der Waals surface area contributed by atoms with Crippen LogP contribution in [0.25, 0.3) is 11.3 Å². The summed E-state index contributed by atoms with van der Waals surface area (Å²) in [6.07, 6.45) is 9.71. The second-order valence-electron chi connectivity index (χ2n) is 6.63. The van der Waals surface area contributed by atoms with Crippen molar-refractivity contribution in [2.45, 2.75) is 32.6 Å². The molecule has 0 bridgehead atoms. The van der Waals surface area contributed by atoms with Gasteiger partial charge in [-0.1, -0.05) is 6.92 Å². The first-order chi connectivity index (χ1) is 13.2. The third-order valence-corrected chi connectivity index (χ3v) is 4.55. The Hall–Kier alpha value is -3.09. The largest absolute Gasteiger partial charge is 0.481 e. The summed E-state index contributed by atoms with van der Waals surface area (Å²) in [4.78, 5) is 22.4. The van der Waals surface area contributed by atoms with E-state index in [2.05, 4.69) is 32.2 Å². The molecule has 7 nitrogen and oxygen atoms in total. The zero-order chi connectivity index (χ0) is 18.6. The summed E-state index contributed by atoms with van der Waals surface area (Å²) in [6, 6.07) is 5.56. The van der Waals surface area contributed by atoms with E-state index in [9.17, 15) is 0 Å². The summed E-state index contributed by atoms with van der Waals surface area (Å²) in [5, 5.41) is 3.18. The Morgan fingerprint density at radius 3 is 2.67 bits per heavy atom. The molecule has 138 valence electrons. The molecule has 1 saturated carbocycles. The number of hydrogen-bond donors (Lipinski definition) is 1. The second kappa shape index (κ2) is 7.65. The lowest BCUT2D eigenvalue weighted by molar-refractivity contribution is 0.398. The van der Waals surface area contributed by atoms with Crippen LogP contribution >= 0.6 is 0 Å². The second-order valence-corrected chi connectivity index (χ2v) is 6.63. The van der Waals surface area contributed by atoms with Crippen molar-refractivity contribution in [1.29, 1.82) is 0 Å². The van der Waals surface area contributed by atoms with Gasteiger partial charge in [0, 0.05) is 30.4 Å². The van der Waals surface area contributed by atoms with E-state index in [1.54, 1.807) is 25.6 Å². The number of hydrogen-bond acceptors (Lipinski definition) is 7. The molecule has 0 atom stereocenters. The highest BCUT2D eigenvalue weighted by Gasteiger charge is 2.24. The molecule has 27 heavy (non-hydrogen) atoms. The van der Waals surface area contributed by atoms with E-state index >= 15 is 0 Å². The van der Waals surface area contributed by atoms with E-state index in [4.69, 9.17) is 9.72 Å². The van der Waals surface area contributed by atoms with Crippen LogP contribution in [0.15, 0.2) is 36.8 Å². The van der Waals surface area contributed by atoms with E-state index in [0.29, 0.717) is 11.8 Å². The monoisotopic (exact) mass is 362 g/mol. The lowest BCUT2D eigenvalue weighted by Gasteiger charge is -2.11. The molecule has 1 N–H and O–H groups in total. The van der Waals surface area contributed by atoms with Crippen LogP contribution in [0.1, 0.15) is 31.3 Å². The van der Waals surface area contributed by atoms with Gasteiger partial charge in [-0.3, -0.25) is 0 Å². The normalized spacial score (nSPS) is 13.4. The molecule has 4 rings (SSSR count). The molecule has 1 aliphatic rings. The number of aromatic nitrogens is 5. The fourth-order valence-electron chi connectivity index (χ4n) is 2.87. The molecule has 0 unspecified atom stereocenters. The summed E-state index contributed by atoms with van der Waals surface area (Å²) in [7, 11) is 1.59. The Balaban J connectivity index is 1.61. The third-order valence-electron chi connectivity index (χ3n) is 4.55. The molecule has 3 heterocycles. The van der Waals surface area contributed by atoms with Crippen LogP contribution in [0.4, 0.5) is 11.6 Å². The van der Waals surface area contributed by atoms with Crippen LogP contribution < -0.4 is 10.1 Å². The molecule has 0 spiro atoms. The standard InChI is InChI=1S/C20H22N6O/c1-3-18-22-12-15(17(25-18)10-13-4-5-13)16-8-9-21-20(26-16)24-14-6-7-19(27-2)23-11-14/h6-9,11-13H,3-5,10H2,1-2H3,(H,21,24,26). The molecule has 3 aromatic heterocycles. The minimum absolute atomic E-state index is 0.511. The summed E-state index contributed by atoms with van der Waals surface area (Å²) in [5.41, 5.74) is 3.69. The van der Waals surface area contributed by atoms with Gasteiger partial charge in [0.1, 0.15) is 5.82 Å². The van der Waals surface area contributed by atoms with Crippen LogP contribution in [-0.2, 0) is 12.8 Å². The molecule has 0 amide bonds. The topological polar surface area (TPSA) is 85.7 Å². The van der Waals surface area contributed by atoms with Gasteiger partial charge in [0.15, 0.2) is 0 Å². The zero-order valence-electron chi connectivity index (χ0n) is 15.5. The first kappa shape index (κ1) is 17.3. The van der Waals surface area contributed by atoms with E-state index in [0.717, 1.165) is 47.2 Å². The van der Waals surface area contributed by atoms with Gasteiger partial charge < -0.3 is 10.1 Å². The highest BCUT2D eigenvalue weighted by atomic mass is 16.5. The maximum atomic E-state index is 5.08. The number of aryl methyl sites for hydroxylation is 1. The van der Waals surface area contributed by atoms with Gasteiger partial charge in [0.25, 0.3) is 0 Å². The van der Waals surface area contributed by atoms with Crippen LogP contribution in [-0.4, -0.2) is 32.0 Å². The van der Waals surface area contributed by atoms with Crippen molar-refractivity contribution < 1.29 is 4.74 Å².